The predicted octanol–water partition coefficient (Wildman–Crippen LogP) is 5.38. The Balaban J connectivity index is 1.09. The number of halogens is 1. The molecule has 20 heteroatoms. The van der Waals surface area contributed by atoms with Gasteiger partial charge in [-0.2, -0.15) is 21.7 Å². The number of amides is 2. The SMILES string of the molecule is COC(=O)C(CCSC[C@H]1O[C@@H](n2cnc3c(NCCNC(=O)OC(C)(C)C)nc(Cl)nc32)[C@H](OC(C)=O)[C@@H]1OC(C)=O)NC(=O)OCC1c2ccccc2-c2ccccc21. The van der Waals surface area contributed by atoms with Gasteiger partial charge in [-0.15, -0.1) is 0 Å². The number of alkyl carbamates (subject to hydrolysis) is 2. The minimum Gasteiger partial charge on any atom is -0.467 e. The summed E-state index contributed by atoms with van der Waals surface area (Å²) in [5.41, 5.74) is 4.15. The summed E-state index contributed by atoms with van der Waals surface area (Å²) in [6.45, 7) is 8.22. The standard InChI is InChI=1S/C41H48ClN7O11S/c1-22(50)57-32-30(20-61-18-15-29(37(52)55-6)46-40(54)56-19-28-26-13-9-7-11-24(26)25-12-8-10-14-27(25)28)59-36(33(32)58-23(2)51)49-21-45-31-34(47-38(42)48-35(31)49)43-16-17-44-39(53)60-41(3,4)5/h7-14,21,28-30,32-33,36H,15-20H2,1-6H3,(H,44,53)(H,46,54)(H,43,47,48)/t29?,30-,32-,33-,36-/m1/s1. The van der Waals surface area contributed by atoms with Gasteiger partial charge in [0, 0.05) is 38.6 Å². The minimum absolute atomic E-state index is 0.0688. The largest absolute Gasteiger partial charge is 0.467 e. The van der Waals surface area contributed by atoms with Crippen LogP contribution in [0.5, 0.6) is 0 Å². The molecule has 0 spiro atoms. The van der Waals surface area contributed by atoms with Crippen LogP contribution in [0.15, 0.2) is 54.9 Å². The van der Waals surface area contributed by atoms with Crippen molar-refractivity contribution in [3.63, 3.8) is 0 Å². The van der Waals surface area contributed by atoms with E-state index in [1.54, 1.807) is 20.8 Å². The summed E-state index contributed by atoms with van der Waals surface area (Å²) in [6.07, 6.45) is -3.86. The molecule has 4 aromatic rings. The number of carbonyl (C=O) groups is 5. The predicted molar refractivity (Wildman–Crippen MR) is 224 cm³/mol. The number of nitrogens with one attached hydrogen (secondary N) is 3. The lowest BCUT2D eigenvalue weighted by atomic mass is 9.98. The highest BCUT2D eigenvalue weighted by atomic mass is 35.5. The number of methoxy groups -OCH3 is 1. The second-order valence-electron chi connectivity index (χ2n) is 15.1. The molecular formula is C41H48ClN7O11S. The van der Waals surface area contributed by atoms with Crippen molar-refractivity contribution in [3.05, 3.63) is 71.3 Å². The Labute approximate surface area is 361 Å². The van der Waals surface area contributed by atoms with Crippen LogP contribution >= 0.6 is 23.4 Å². The normalized spacial score (nSPS) is 18.7. The molecule has 0 radical (unpaired) electrons. The molecule has 1 saturated heterocycles. The quantitative estimate of drug-likeness (QED) is 0.0557. The molecule has 3 heterocycles. The highest BCUT2D eigenvalue weighted by molar-refractivity contribution is 7.99. The molecule has 5 atom stereocenters. The van der Waals surface area contributed by atoms with Gasteiger partial charge in [-0.25, -0.2) is 19.4 Å². The van der Waals surface area contributed by atoms with Crippen molar-refractivity contribution in [2.45, 2.75) is 83.1 Å². The molecule has 326 valence electrons. The molecule has 1 aliphatic heterocycles. The highest BCUT2D eigenvalue weighted by Crippen LogP contribution is 2.44. The first-order chi connectivity index (χ1) is 29.1. The fourth-order valence-corrected chi connectivity index (χ4v) is 8.38. The Kier molecular flexibility index (Phi) is 14.6. The Hall–Kier alpha value is -5.66. The van der Waals surface area contributed by atoms with Crippen molar-refractivity contribution in [2.24, 2.45) is 0 Å². The average Bonchev–Trinajstić information content (AvgIpc) is 3.87. The summed E-state index contributed by atoms with van der Waals surface area (Å²) in [5, 5.41) is 8.25. The second kappa shape index (κ2) is 19.8. The minimum atomic E-state index is -1.13. The second-order valence-corrected chi connectivity index (χ2v) is 16.6. The third-order valence-electron chi connectivity index (χ3n) is 9.60. The maximum atomic E-state index is 13.1. The first kappa shape index (κ1) is 44.9. The van der Waals surface area contributed by atoms with Gasteiger partial charge >= 0.3 is 30.1 Å². The first-order valence-electron chi connectivity index (χ1n) is 19.5. The fraction of sp³-hybridized carbons (Fsp3) is 0.463. The molecule has 2 aromatic heterocycles. The van der Waals surface area contributed by atoms with Crippen LogP contribution in [0.1, 0.15) is 64.3 Å². The lowest BCUT2D eigenvalue weighted by Crippen LogP contribution is -2.42. The van der Waals surface area contributed by atoms with Crippen LogP contribution in [0.3, 0.4) is 0 Å². The number of fused-ring (bicyclic) bond motifs is 4. The number of anilines is 1. The molecule has 1 aliphatic carbocycles. The summed E-state index contributed by atoms with van der Waals surface area (Å²) in [5.74, 6) is -1.30. The molecule has 1 fully saturated rings. The van der Waals surface area contributed by atoms with Crippen molar-refractivity contribution >= 4 is 70.4 Å². The van der Waals surface area contributed by atoms with E-state index in [1.165, 1.54) is 43.6 Å². The smallest absolute Gasteiger partial charge is 0.407 e. The number of ether oxygens (including phenoxy) is 6. The lowest BCUT2D eigenvalue weighted by molar-refractivity contribution is -0.165. The Bertz CT molecular complexity index is 2210. The van der Waals surface area contributed by atoms with Gasteiger partial charge in [0.05, 0.1) is 13.4 Å². The molecule has 3 N–H and O–H groups in total. The van der Waals surface area contributed by atoms with E-state index in [-0.39, 0.29) is 54.5 Å². The van der Waals surface area contributed by atoms with Gasteiger partial charge in [-0.1, -0.05) is 48.5 Å². The average molecular weight is 882 g/mol. The molecule has 18 nitrogen and oxygen atoms in total. The van der Waals surface area contributed by atoms with Crippen molar-refractivity contribution in [3.8, 4) is 11.1 Å². The van der Waals surface area contributed by atoms with Crippen molar-refractivity contribution < 1.29 is 52.4 Å². The van der Waals surface area contributed by atoms with E-state index in [4.69, 9.17) is 40.0 Å². The molecule has 0 bridgehead atoms. The number of imidazole rings is 1. The van der Waals surface area contributed by atoms with Gasteiger partial charge in [0.15, 0.2) is 35.4 Å². The van der Waals surface area contributed by atoms with Crippen LogP contribution in [-0.2, 0) is 42.8 Å². The zero-order chi connectivity index (χ0) is 43.8. The fourth-order valence-electron chi connectivity index (χ4n) is 7.15. The van der Waals surface area contributed by atoms with Gasteiger partial charge in [0.25, 0.3) is 0 Å². The van der Waals surface area contributed by atoms with E-state index in [0.717, 1.165) is 22.3 Å². The maximum Gasteiger partial charge on any atom is 0.407 e. The number of carbonyl (C=O) groups excluding carboxylic acids is 5. The van der Waals surface area contributed by atoms with Crippen LogP contribution in [0.2, 0.25) is 5.28 Å². The maximum absolute atomic E-state index is 13.1. The van der Waals surface area contributed by atoms with Crippen LogP contribution < -0.4 is 16.0 Å². The van der Waals surface area contributed by atoms with Crippen LogP contribution in [0.4, 0.5) is 15.4 Å². The third kappa shape index (κ3) is 11.2. The summed E-state index contributed by atoms with van der Waals surface area (Å²) in [6, 6.07) is 14.9. The number of hydrogen-bond acceptors (Lipinski definition) is 16. The van der Waals surface area contributed by atoms with Crippen molar-refractivity contribution in [1.29, 1.82) is 0 Å². The van der Waals surface area contributed by atoms with Gasteiger partial charge < -0.3 is 44.4 Å². The highest BCUT2D eigenvalue weighted by Gasteiger charge is 2.50. The number of nitrogens with zero attached hydrogens (tertiary/aromatic N) is 4. The van der Waals surface area contributed by atoms with E-state index in [0.29, 0.717) is 11.3 Å². The Morgan fingerprint density at radius 1 is 0.918 bits per heavy atom. The summed E-state index contributed by atoms with van der Waals surface area (Å²) >= 11 is 7.69. The number of rotatable bonds is 16. The monoisotopic (exact) mass is 881 g/mol. The van der Waals surface area contributed by atoms with Gasteiger partial charge in [0.2, 0.25) is 5.28 Å². The lowest BCUT2D eigenvalue weighted by Gasteiger charge is -2.24. The zero-order valence-electron chi connectivity index (χ0n) is 34.5. The molecule has 0 saturated carbocycles. The zero-order valence-corrected chi connectivity index (χ0v) is 36.0. The Morgan fingerprint density at radius 2 is 1.57 bits per heavy atom. The molecular weight excluding hydrogens is 834 g/mol. The van der Waals surface area contributed by atoms with Crippen molar-refractivity contribution in [1.82, 2.24) is 30.2 Å². The van der Waals surface area contributed by atoms with E-state index >= 15 is 0 Å². The molecule has 2 amide bonds. The van der Waals surface area contributed by atoms with E-state index in [1.807, 2.05) is 48.5 Å². The summed E-state index contributed by atoms with van der Waals surface area (Å²) in [7, 11) is 1.23. The van der Waals surface area contributed by atoms with E-state index in [9.17, 15) is 24.0 Å². The van der Waals surface area contributed by atoms with Crippen LogP contribution in [-0.4, -0.2) is 118 Å². The van der Waals surface area contributed by atoms with Crippen molar-refractivity contribution in [2.75, 3.05) is 43.6 Å². The van der Waals surface area contributed by atoms with Gasteiger partial charge in [-0.3, -0.25) is 14.2 Å². The van der Waals surface area contributed by atoms with Gasteiger partial charge in [0.1, 0.15) is 24.4 Å². The number of thioether (sulfide) groups is 1. The third-order valence-corrected chi connectivity index (χ3v) is 10.9. The van der Waals surface area contributed by atoms with Gasteiger partial charge in [-0.05, 0) is 66.8 Å². The summed E-state index contributed by atoms with van der Waals surface area (Å²) < 4.78 is 35.2. The Morgan fingerprint density at radius 3 is 2.21 bits per heavy atom. The number of esters is 3. The summed E-state index contributed by atoms with van der Waals surface area (Å²) in [4.78, 5) is 75.8. The van der Waals surface area contributed by atoms with E-state index < -0.39 is 66.3 Å². The van der Waals surface area contributed by atoms with Crippen LogP contribution in [0, 0.1) is 0 Å². The topological polar surface area (TPSA) is 220 Å². The molecule has 6 rings (SSSR count). The number of benzene rings is 2. The molecule has 1 unspecified atom stereocenters. The number of hydrogen-bond donors (Lipinski definition) is 3. The van der Waals surface area contributed by atoms with E-state index in [2.05, 4.69) is 30.9 Å². The molecule has 2 aliphatic rings. The van der Waals surface area contributed by atoms with Crippen LogP contribution in [0.25, 0.3) is 22.3 Å². The molecule has 61 heavy (non-hydrogen) atoms. The number of aromatic nitrogens is 4. The first-order valence-corrected chi connectivity index (χ1v) is 21.0. The molecule has 2 aromatic carbocycles.